The number of carboxylic acids is 3. The van der Waals surface area contributed by atoms with Crippen LogP contribution in [0.4, 0.5) is 5.69 Å². The number of ether oxygens (including phenoxy) is 4. The van der Waals surface area contributed by atoms with E-state index in [4.69, 9.17) is 31.2 Å². The van der Waals surface area contributed by atoms with E-state index in [-0.39, 0.29) is 71.2 Å². The fraction of sp³-hybridized carbons (Fsp3) is 0.732. The van der Waals surface area contributed by atoms with Crippen molar-refractivity contribution in [1.82, 2.24) is 25.3 Å². The van der Waals surface area contributed by atoms with E-state index in [0.717, 1.165) is 24.8 Å². The highest BCUT2D eigenvalue weighted by Crippen LogP contribution is 2.29. The van der Waals surface area contributed by atoms with Gasteiger partial charge in [-0.2, -0.15) is 0 Å². The number of aliphatic hydroxyl groups excluding tert-OH is 7. The molecule has 3 aliphatic rings. The van der Waals surface area contributed by atoms with E-state index >= 15 is 0 Å². The number of carboxylic acid groups (broad SMARTS) is 3. The maximum Gasteiger partial charge on any atom is 0.320 e. The summed E-state index contributed by atoms with van der Waals surface area (Å²) in [5, 5.41) is 109. The fourth-order valence-corrected chi connectivity index (χ4v) is 7.96. The van der Waals surface area contributed by atoms with E-state index in [1.54, 1.807) is 39.0 Å². The molecule has 7 unspecified atom stereocenters. The molecule has 0 saturated carbocycles. The second-order valence-electron chi connectivity index (χ2n) is 16.4. The molecule has 3 aliphatic heterocycles. The van der Waals surface area contributed by atoms with E-state index in [1.807, 2.05) is 0 Å². The van der Waals surface area contributed by atoms with Gasteiger partial charge in [-0.05, 0) is 49.2 Å². The van der Waals surface area contributed by atoms with E-state index in [9.17, 15) is 70.2 Å². The number of nitrogens with one attached hydrogen (secondary N) is 3. The summed E-state index contributed by atoms with van der Waals surface area (Å²) < 4.78 is 22.2. The number of rotatable bonds is 24. The Morgan fingerprint density at radius 2 is 1.29 bits per heavy atom. The topological polar surface area (TPSA) is 353 Å². The van der Waals surface area contributed by atoms with E-state index in [1.165, 1.54) is 0 Å². The number of amides is 1. The SMILES string of the molecule is O=C(O)CN1CCN(CC(=O)O)CCN(C(CCC(=O)NCc2ccc(NC(=S)NCCCCCCO[C@@H]3OC(CO)[C@@H](O[C@@H]4OC(CO)[C@H](O)C(O)C4O)C(O)C3O)cc2)C(=O)O)CC1. The number of hydrogen-bond acceptors (Lipinski definition) is 19. The second-order valence-corrected chi connectivity index (χ2v) is 16.8. The lowest BCUT2D eigenvalue weighted by Gasteiger charge is -2.45. The van der Waals surface area contributed by atoms with Crippen LogP contribution in [-0.2, 0) is 44.7 Å². The van der Waals surface area contributed by atoms with Crippen molar-refractivity contribution < 1.29 is 89.2 Å². The Morgan fingerprint density at radius 3 is 1.88 bits per heavy atom. The predicted octanol–water partition coefficient (Wildman–Crippen LogP) is -3.89. The predicted molar refractivity (Wildman–Crippen MR) is 234 cm³/mol. The first kappa shape index (κ1) is 54.8. The number of hydrogen-bond donors (Lipinski definition) is 13. The Morgan fingerprint density at radius 1 is 0.712 bits per heavy atom. The van der Waals surface area contributed by atoms with Gasteiger partial charge in [0.05, 0.1) is 26.3 Å². The van der Waals surface area contributed by atoms with Crippen molar-refractivity contribution in [3.63, 3.8) is 0 Å². The van der Waals surface area contributed by atoms with Gasteiger partial charge in [-0.1, -0.05) is 25.0 Å². The standard InChI is InChI=1S/C41H66N6O18S/c48-22-27-32(55)33(56)35(58)40(63-27)65-37-28(23-49)64-39(36(59)34(37)57)62-18-4-2-1-3-11-42-41(66)44-25-7-5-24(6-8-25)19-43-29(50)10-9-26(38(60)61)47-16-14-45(20-30(51)52)12-13-46(15-17-47)21-31(53)54/h5-8,26-28,32-37,39-40,48-49,55-59H,1-4,9-23H2,(H,43,50)(H,51,52)(H,53,54)(H,60,61)(H2,42,44,66)/t26?,27?,28?,32-,33?,34?,35?,36?,37+,39+,40-/m0/s1. The van der Waals surface area contributed by atoms with Crippen LogP contribution in [-0.4, -0.2) is 241 Å². The fourth-order valence-electron chi connectivity index (χ4n) is 7.74. The lowest BCUT2D eigenvalue weighted by Crippen LogP contribution is -2.64. The second kappa shape index (κ2) is 27.9. The molecule has 3 heterocycles. The molecule has 0 aromatic heterocycles. The highest BCUT2D eigenvalue weighted by atomic mass is 32.1. The maximum atomic E-state index is 12.8. The van der Waals surface area contributed by atoms with Crippen molar-refractivity contribution >= 4 is 46.8 Å². The van der Waals surface area contributed by atoms with Crippen LogP contribution in [0, 0.1) is 0 Å². The van der Waals surface area contributed by atoms with Crippen LogP contribution in [0.5, 0.6) is 0 Å². The maximum absolute atomic E-state index is 12.8. The Bertz CT molecular complexity index is 1660. The van der Waals surface area contributed by atoms with E-state index in [2.05, 4.69) is 16.0 Å². The summed E-state index contributed by atoms with van der Waals surface area (Å²) in [5.74, 6) is -3.57. The normalized spacial score (nSPS) is 28.6. The van der Waals surface area contributed by atoms with Crippen LogP contribution < -0.4 is 16.0 Å². The number of carbonyl (C=O) groups excluding carboxylic acids is 1. The molecule has 66 heavy (non-hydrogen) atoms. The van der Waals surface area contributed by atoms with Gasteiger partial charge in [-0.15, -0.1) is 0 Å². The molecular weight excluding hydrogens is 897 g/mol. The minimum atomic E-state index is -1.76. The average molecular weight is 963 g/mol. The summed E-state index contributed by atoms with van der Waals surface area (Å²) in [6.07, 6.45) is -12.4. The Labute approximate surface area is 387 Å². The summed E-state index contributed by atoms with van der Waals surface area (Å²) in [6, 6.07) is 6.17. The molecule has 0 radical (unpaired) electrons. The van der Waals surface area contributed by atoms with Gasteiger partial charge in [-0.25, -0.2) is 0 Å². The van der Waals surface area contributed by atoms with Crippen LogP contribution in [0.2, 0.25) is 0 Å². The molecule has 1 amide bonds. The molecule has 11 atom stereocenters. The van der Waals surface area contributed by atoms with Gasteiger partial charge in [0.25, 0.3) is 0 Å². The number of nitrogens with zero attached hydrogens (tertiary/aromatic N) is 3. The molecular formula is C41H66N6O18S. The minimum absolute atomic E-state index is 0.0000803. The van der Waals surface area contributed by atoms with Crippen LogP contribution in [0.1, 0.15) is 44.1 Å². The highest BCUT2D eigenvalue weighted by molar-refractivity contribution is 7.80. The first-order chi connectivity index (χ1) is 31.5. The number of benzene rings is 1. The zero-order valence-corrected chi connectivity index (χ0v) is 37.4. The molecule has 0 bridgehead atoms. The number of thiocarbonyl (C=S) groups is 1. The van der Waals surface area contributed by atoms with Gasteiger partial charge in [0.2, 0.25) is 5.91 Å². The zero-order valence-electron chi connectivity index (χ0n) is 36.6. The van der Waals surface area contributed by atoms with E-state index < -0.39 is 98.6 Å². The number of aliphatic carboxylic acids is 3. The first-order valence-corrected chi connectivity index (χ1v) is 22.4. The number of unbranched alkanes of at least 4 members (excludes halogenated alkanes) is 3. The molecule has 4 rings (SSSR count). The van der Waals surface area contributed by atoms with Gasteiger partial charge in [-0.3, -0.25) is 33.9 Å². The highest BCUT2D eigenvalue weighted by Gasteiger charge is 2.50. The number of aliphatic hydroxyl groups is 7. The van der Waals surface area contributed by atoms with Gasteiger partial charge < -0.3 is 86.0 Å². The molecule has 1 aromatic carbocycles. The van der Waals surface area contributed by atoms with Gasteiger partial charge in [0.15, 0.2) is 17.7 Å². The molecule has 0 spiro atoms. The molecule has 1 aromatic rings. The summed E-state index contributed by atoms with van der Waals surface area (Å²) in [4.78, 5) is 52.8. The molecule has 3 fully saturated rings. The van der Waals surface area contributed by atoms with Crippen molar-refractivity contribution in [2.24, 2.45) is 0 Å². The molecule has 0 aliphatic carbocycles. The monoisotopic (exact) mass is 962 g/mol. The quantitative estimate of drug-likeness (QED) is 0.0348. The third-order valence-electron chi connectivity index (χ3n) is 11.5. The Hall–Kier alpha value is -3.77. The Balaban J connectivity index is 1.09. The lowest BCUT2D eigenvalue weighted by atomic mass is 9.97. The van der Waals surface area contributed by atoms with Gasteiger partial charge in [0, 0.05) is 71.1 Å². The smallest absolute Gasteiger partial charge is 0.320 e. The van der Waals surface area contributed by atoms with Gasteiger partial charge >= 0.3 is 17.9 Å². The summed E-state index contributed by atoms with van der Waals surface area (Å²) in [6.45, 7) is 0.689. The lowest BCUT2D eigenvalue weighted by molar-refractivity contribution is -0.359. The minimum Gasteiger partial charge on any atom is -0.480 e. The number of anilines is 1. The third kappa shape index (κ3) is 17.4. The van der Waals surface area contributed by atoms with Crippen molar-refractivity contribution in [2.45, 2.75) is 113 Å². The average Bonchev–Trinajstić information content (AvgIpc) is 3.36. The molecule has 13 N–H and O–H groups in total. The van der Waals surface area contributed by atoms with E-state index in [0.29, 0.717) is 36.9 Å². The summed E-state index contributed by atoms with van der Waals surface area (Å²) in [5.41, 5.74) is 1.51. The number of carbonyl (C=O) groups is 4. The molecule has 3 saturated heterocycles. The van der Waals surface area contributed by atoms with Crippen molar-refractivity contribution in [1.29, 1.82) is 0 Å². The van der Waals surface area contributed by atoms with Crippen LogP contribution in [0.3, 0.4) is 0 Å². The third-order valence-corrected chi connectivity index (χ3v) is 11.8. The van der Waals surface area contributed by atoms with Crippen LogP contribution in [0.15, 0.2) is 24.3 Å². The zero-order chi connectivity index (χ0) is 48.3. The van der Waals surface area contributed by atoms with Crippen LogP contribution >= 0.6 is 12.2 Å². The Kier molecular flexibility index (Phi) is 23.2. The molecule has 25 heteroatoms. The first-order valence-electron chi connectivity index (χ1n) is 22.0. The van der Waals surface area contributed by atoms with Crippen LogP contribution in [0.25, 0.3) is 0 Å². The molecule has 24 nitrogen and oxygen atoms in total. The summed E-state index contributed by atoms with van der Waals surface area (Å²) in [7, 11) is 0. The largest absolute Gasteiger partial charge is 0.480 e. The molecule has 374 valence electrons. The van der Waals surface area contributed by atoms with Crippen molar-refractivity contribution in [3.05, 3.63) is 29.8 Å². The van der Waals surface area contributed by atoms with Crippen molar-refractivity contribution in [3.8, 4) is 0 Å². The summed E-state index contributed by atoms with van der Waals surface area (Å²) >= 11 is 5.42. The van der Waals surface area contributed by atoms with Crippen molar-refractivity contribution in [2.75, 3.05) is 84.0 Å². The van der Waals surface area contributed by atoms with Gasteiger partial charge in [0.1, 0.15) is 54.9 Å².